The van der Waals surface area contributed by atoms with Crippen LogP contribution in [0.15, 0.2) is 48.5 Å². The molecule has 0 heterocycles. The van der Waals surface area contributed by atoms with E-state index < -0.39 is 23.9 Å². The maximum Gasteiger partial charge on any atom is 0.407 e. The van der Waals surface area contributed by atoms with Gasteiger partial charge in [-0.05, 0) is 41.5 Å². The molecule has 2 aliphatic rings. The van der Waals surface area contributed by atoms with Crippen molar-refractivity contribution in [3.05, 3.63) is 59.7 Å². The van der Waals surface area contributed by atoms with Gasteiger partial charge >= 0.3 is 12.1 Å². The van der Waals surface area contributed by atoms with Crippen LogP contribution in [-0.2, 0) is 14.3 Å². The average Bonchev–Trinajstić information content (AvgIpc) is 3.43. The first kappa shape index (κ1) is 23.8. The third-order valence-electron chi connectivity index (χ3n) is 7.01. The first-order chi connectivity index (χ1) is 16.5. The van der Waals surface area contributed by atoms with Crippen LogP contribution < -0.4 is 10.6 Å². The monoisotopic (exact) mass is 464 g/mol. The largest absolute Gasteiger partial charge is 0.481 e. The molecular weight excluding hydrogens is 432 g/mol. The second kappa shape index (κ2) is 10.7. The van der Waals surface area contributed by atoms with Gasteiger partial charge in [0.15, 0.2) is 0 Å². The van der Waals surface area contributed by atoms with Gasteiger partial charge in [-0.1, -0.05) is 68.3 Å². The van der Waals surface area contributed by atoms with Crippen LogP contribution in [0.3, 0.4) is 0 Å². The summed E-state index contributed by atoms with van der Waals surface area (Å²) < 4.78 is 5.57. The van der Waals surface area contributed by atoms with Crippen LogP contribution in [0.25, 0.3) is 11.1 Å². The lowest BCUT2D eigenvalue weighted by Gasteiger charge is -2.22. The van der Waals surface area contributed by atoms with Crippen molar-refractivity contribution in [1.82, 2.24) is 10.6 Å². The van der Waals surface area contributed by atoms with Gasteiger partial charge in [0.25, 0.3) is 0 Å². The molecule has 1 unspecified atom stereocenters. The quantitative estimate of drug-likeness (QED) is 0.513. The Morgan fingerprint density at radius 3 is 2.29 bits per heavy atom. The molecule has 0 spiro atoms. The van der Waals surface area contributed by atoms with E-state index in [1.807, 2.05) is 31.2 Å². The van der Waals surface area contributed by atoms with E-state index in [4.69, 9.17) is 4.74 Å². The molecule has 0 bridgehead atoms. The molecule has 180 valence electrons. The van der Waals surface area contributed by atoms with Crippen LogP contribution in [0.4, 0.5) is 4.79 Å². The molecule has 7 nitrogen and oxygen atoms in total. The van der Waals surface area contributed by atoms with Crippen LogP contribution in [-0.4, -0.2) is 42.3 Å². The van der Waals surface area contributed by atoms with Crippen molar-refractivity contribution < 1.29 is 24.2 Å². The highest BCUT2D eigenvalue weighted by Gasteiger charge is 2.35. The van der Waals surface area contributed by atoms with Gasteiger partial charge in [-0.2, -0.15) is 0 Å². The molecule has 0 aliphatic heterocycles. The second-order valence-corrected chi connectivity index (χ2v) is 9.18. The first-order valence-electron chi connectivity index (χ1n) is 12.1. The molecule has 0 aromatic heterocycles. The van der Waals surface area contributed by atoms with Crippen molar-refractivity contribution in [1.29, 1.82) is 0 Å². The minimum Gasteiger partial charge on any atom is -0.481 e. The molecule has 1 saturated carbocycles. The van der Waals surface area contributed by atoms with Crippen LogP contribution in [0.1, 0.15) is 56.1 Å². The number of carbonyl (C=O) groups is 3. The number of amides is 2. The molecule has 2 aromatic rings. The third kappa shape index (κ3) is 5.08. The van der Waals surface area contributed by atoms with Gasteiger partial charge in [0, 0.05) is 18.5 Å². The van der Waals surface area contributed by atoms with E-state index in [0.29, 0.717) is 19.3 Å². The Kier molecular flexibility index (Phi) is 7.50. The van der Waals surface area contributed by atoms with Gasteiger partial charge in [0.05, 0.1) is 11.8 Å². The molecule has 7 heteroatoms. The van der Waals surface area contributed by atoms with Gasteiger partial charge in [-0.3, -0.25) is 9.59 Å². The molecule has 2 aromatic carbocycles. The predicted octanol–water partition coefficient (Wildman–Crippen LogP) is 4.31. The number of rotatable bonds is 9. The zero-order valence-electron chi connectivity index (χ0n) is 19.5. The smallest absolute Gasteiger partial charge is 0.407 e. The van der Waals surface area contributed by atoms with Crippen molar-refractivity contribution in [2.45, 2.75) is 51.0 Å². The molecule has 3 atom stereocenters. The summed E-state index contributed by atoms with van der Waals surface area (Å²) in [6.45, 7) is 2.34. The molecule has 1 fully saturated rings. The second-order valence-electron chi connectivity index (χ2n) is 9.18. The molecule has 0 saturated heterocycles. The van der Waals surface area contributed by atoms with E-state index >= 15 is 0 Å². The maximum absolute atomic E-state index is 12.8. The summed E-state index contributed by atoms with van der Waals surface area (Å²) in [6, 6.07) is 16.0. The van der Waals surface area contributed by atoms with Crippen LogP contribution in [0, 0.1) is 11.8 Å². The van der Waals surface area contributed by atoms with Gasteiger partial charge in [0.2, 0.25) is 5.91 Å². The summed E-state index contributed by atoms with van der Waals surface area (Å²) in [6.07, 6.45) is 2.86. The Morgan fingerprint density at radius 1 is 1.03 bits per heavy atom. The van der Waals surface area contributed by atoms with Crippen LogP contribution in [0.5, 0.6) is 0 Å². The fourth-order valence-corrected chi connectivity index (χ4v) is 5.26. The number of alkyl carbamates (subject to hydrolysis) is 1. The Bertz CT molecular complexity index is 1010. The van der Waals surface area contributed by atoms with Crippen LogP contribution >= 0.6 is 0 Å². The molecular formula is C27H32N2O5. The zero-order valence-corrected chi connectivity index (χ0v) is 19.5. The number of carbonyl (C=O) groups excluding carboxylic acids is 2. The highest BCUT2D eigenvalue weighted by Crippen LogP contribution is 2.44. The number of fused-ring (bicyclic) bond motifs is 3. The van der Waals surface area contributed by atoms with Gasteiger partial charge in [0.1, 0.15) is 6.61 Å². The van der Waals surface area contributed by atoms with Gasteiger partial charge < -0.3 is 20.5 Å². The summed E-state index contributed by atoms with van der Waals surface area (Å²) in [5, 5.41) is 15.0. The van der Waals surface area contributed by atoms with Crippen LogP contribution in [0.2, 0.25) is 0 Å². The normalized spacial score (nSPS) is 19.7. The number of ether oxygens (including phenoxy) is 1. The fraction of sp³-hybridized carbons (Fsp3) is 0.444. The van der Waals surface area contributed by atoms with E-state index in [1.54, 1.807) is 0 Å². The Balaban J connectivity index is 1.32. The summed E-state index contributed by atoms with van der Waals surface area (Å²) in [5.41, 5.74) is 4.62. The molecule has 34 heavy (non-hydrogen) atoms. The van der Waals surface area contributed by atoms with Crippen molar-refractivity contribution in [3.63, 3.8) is 0 Å². The summed E-state index contributed by atoms with van der Waals surface area (Å²) in [4.78, 5) is 36.7. The van der Waals surface area contributed by atoms with E-state index in [-0.39, 0.29) is 31.0 Å². The summed E-state index contributed by atoms with van der Waals surface area (Å²) in [5.74, 6) is -2.07. The van der Waals surface area contributed by atoms with Gasteiger partial charge in [-0.25, -0.2) is 4.79 Å². The molecule has 2 amide bonds. The number of carboxylic acid groups (broad SMARTS) is 1. The summed E-state index contributed by atoms with van der Waals surface area (Å²) >= 11 is 0. The predicted molar refractivity (Wildman–Crippen MR) is 128 cm³/mol. The van der Waals surface area contributed by atoms with Crippen molar-refractivity contribution in [3.8, 4) is 11.1 Å². The molecule has 2 aliphatic carbocycles. The average molecular weight is 465 g/mol. The molecule has 3 N–H and O–H groups in total. The lowest BCUT2D eigenvalue weighted by molar-refractivity contribution is -0.142. The van der Waals surface area contributed by atoms with E-state index in [9.17, 15) is 19.5 Å². The van der Waals surface area contributed by atoms with E-state index in [1.165, 1.54) is 11.1 Å². The van der Waals surface area contributed by atoms with E-state index in [2.05, 4.69) is 34.9 Å². The number of nitrogens with one attached hydrogen (secondary N) is 2. The zero-order chi connectivity index (χ0) is 24.1. The number of benzene rings is 2. The maximum atomic E-state index is 12.8. The minimum absolute atomic E-state index is 0.0248. The third-order valence-corrected chi connectivity index (χ3v) is 7.01. The highest BCUT2D eigenvalue weighted by atomic mass is 16.5. The van der Waals surface area contributed by atoms with Crippen molar-refractivity contribution in [2.24, 2.45) is 11.8 Å². The van der Waals surface area contributed by atoms with Crippen molar-refractivity contribution >= 4 is 18.0 Å². The SMILES string of the molecule is CCCC(CNC(=O)OCC1c2ccccc2-c2ccccc21)C(=O)N[C@H]1CCC[C@H]1C(=O)O. The Morgan fingerprint density at radius 2 is 1.68 bits per heavy atom. The minimum atomic E-state index is -0.869. The Hall–Kier alpha value is -3.35. The number of carboxylic acids is 1. The van der Waals surface area contributed by atoms with Gasteiger partial charge in [-0.15, -0.1) is 0 Å². The summed E-state index contributed by atoms with van der Waals surface area (Å²) in [7, 11) is 0. The number of hydrogen-bond donors (Lipinski definition) is 3. The topological polar surface area (TPSA) is 105 Å². The lowest BCUT2D eigenvalue weighted by Crippen LogP contribution is -2.45. The lowest BCUT2D eigenvalue weighted by atomic mass is 9.98. The highest BCUT2D eigenvalue weighted by molar-refractivity contribution is 5.81. The number of aliphatic carboxylic acids is 1. The Labute approximate surface area is 199 Å². The molecule has 4 rings (SSSR count). The molecule has 0 radical (unpaired) electrons. The number of hydrogen-bond acceptors (Lipinski definition) is 4. The van der Waals surface area contributed by atoms with Crippen molar-refractivity contribution in [2.75, 3.05) is 13.2 Å². The first-order valence-corrected chi connectivity index (χ1v) is 12.1. The fourth-order valence-electron chi connectivity index (χ4n) is 5.26. The standard InChI is InChI=1S/C27H32N2O5/c1-2-8-17(25(30)29-24-14-7-13-22(24)26(31)32)15-28-27(33)34-16-23-20-11-5-3-9-18(20)19-10-4-6-12-21(19)23/h3-6,9-12,17,22-24H,2,7-8,13-16H2,1H3,(H,28,33)(H,29,30)(H,31,32)/t17?,22-,24+/m1/s1. The van der Waals surface area contributed by atoms with E-state index in [0.717, 1.165) is 24.0 Å².